The van der Waals surface area contributed by atoms with Crippen LogP contribution in [0.3, 0.4) is 0 Å². The fourth-order valence-corrected chi connectivity index (χ4v) is 2.02. The van der Waals surface area contributed by atoms with Crippen LogP contribution in [0.1, 0.15) is 38.3 Å². The second-order valence-electron chi connectivity index (χ2n) is 5.25. The van der Waals surface area contributed by atoms with Gasteiger partial charge < -0.3 is 4.57 Å². The van der Waals surface area contributed by atoms with Crippen LogP contribution in [0.25, 0.3) is 11.0 Å². The Hall–Kier alpha value is -1.31. The molecule has 0 radical (unpaired) electrons. The van der Waals surface area contributed by atoms with Gasteiger partial charge in [0.15, 0.2) is 0 Å². The maximum Gasteiger partial charge on any atom is 0.0910 e. The molecule has 0 aliphatic carbocycles. The van der Waals surface area contributed by atoms with Crippen molar-refractivity contribution in [2.75, 3.05) is 0 Å². The molecule has 0 unspecified atom stereocenters. The highest BCUT2D eigenvalue weighted by atomic mass is 14.9. The molecule has 2 aromatic heterocycles. The molecule has 2 heteroatoms. The van der Waals surface area contributed by atoms with E-state index in [1.54, 1.807) is 0 Å². The van der Waals surface area contributed by atoms with Crippen molar-refractivity contribution in [1.29, 1.82) is 0 Å². The first-order valence-electron chi connectivity index (χ1n) is 5.88. The van der Waals surface area contributed by atoms with Gasteiger partial charge in [-0.2, -0.15) is 0 Å². The molecule has 2 nitrogen and oxygen atoms in total. The highest BCUT2D eigenvalue weighted by Crippen LogP contribution is 2.29. The molecule has 0 saturated carbocycles. The zero-order valence-corrected chi connectivity index (χ0v) is 10.8. The van der Waals surface area contributed by atoms with Crippen LogP contribution in [-0.4, -0.2) is 9.55 Å². The van der Waals surface area contributed by atoms with Gasteiger partial charge in [0.1, 0.15) is 0 Å². The van der Waals surface area contributed by atoms with Crippen LogP contribution in [0.4, 0.5) is 0 Å². The molecule has 0 atom stereocenters. The number of nitrogens with zero attached hydrogens (tertiary/aromatic N) is 2. The van der Waals surface area contributed by atoms with Gasteiger partial charge in [-0.3, -0.25) is 4.98 Å². The molecule has 2 rings (SSSR count). The lowest BCUT2D eigenvalue weighted by Gasteiger charge is -2.22. The Morgan fingerprint density at radius 1 is 1.38 bits per heavy atom. The average molecular weight is 216 g/mol. The maximum atomic E-state index is 4.59. The van der Waals surface area contributed by atoms with E-state index in [4.69, 9.17) is 0 Å². The fraction of sp³-hybridized carbons (Fsp3) is 0.500. The highest BCUT2D eigenvalue weighted by Gasteiger charge is 2.19. The summed E-state index contributed by atoms with van der Waals surface area (Å²) in [6.45, 7) is 8.87. The Morgan fingerprint density at radius 3 is 2.69 bits per heavy atom. The van der Waals surface area contributed by atoms with Crippen LogP contribution < -0.4 is 0 Å². The van der Waals surface area contributed by atoms with E-state index in [1.807, 2.05) is 6.20 Å². The molecule has 16 heavy (non-hydrogen) atoms. The molecule has 86 valence electrons. The normalized spacial score (nSPS) is 12.3. The van der Waals surface area contributed by atoms with E-state index in [9.17, 15) is 0 Å². The van der Waals surface area contributed by atoms with Crippen LogP contribution in [0.2, 0.25) is 0 Å². The van der Waals surface area contributed by atoms with Gasteiger partial charge in [-0.15, -0.1) is 0 Å². The molecule has 0 aliphatic heterocycles. The number of aryl methyl sites for hydroxylation is 2. The largest absolute Gasteiger partial charge is 0.349 e. The van der Waals surface area contributed by atoms with Gasteiger partial charge in [-0.1, -0.05) is 20.8 Å². The minimum Gasteiger partial charge on any atom is -0.349 e. The molecular weight excluding hydrogens is 196 g/mol. The third kappa shape index (κ3) is 1.62. The predicted molar refractivity (Wildman–Crippen MR) is 68.8 cm³/mol. The molecule has 0 aromatic carbocycles. The predicted octanol–water partition coefficient (Wildman–Crippen LogP) is 3.57. The van der Waals surface area contributed by atoms with E-state index in [1.165, 1.54) is 16.6 Å². The standard InChI is InChI=1S/C14H20N2/c1-6-14(3,4)11-7-12-13(15-8-11)10(2)9-16(12)5/h7-9H,6H2,1-5H3. The van der Waals surface area contributed by atoms with E-state index in [2.05, 4.69) is 56.6 Å². The monoisotopic (exact) mass is 216 g/mol. The van der Waals surface area contributed by atoms with E-state index in [0.717, 1.165) is 11.9 Å². The van der Waals surface area contributed by atoms with Gasteiger partial charge in [-0.25, -0.2) is 0 Å². The molecule has 0 spiro atoms. The SMILES string of the molecule is CCC(C)(C)c1cnc2c(C)cn(C)c2c1. The third-order valence-electron chi connectivity index (χ3n) is 3.67. The summed E-state index contributed by atoms with van der Waals surface area (Å²) in [5.74, 6) is 0. The summed E-state index contributed by atoms with van der Waals surface area (Å²) in [6, 6.07) is 2.28. The molecule has 0 N–H and O–H groups in total. The summed E-state index contributed by atoms with van der Waals surface area (Å²) in [5, 5.41) is 0. The van der Waals surface area contributed by atoms with E-state index in [-0.39, 0.29) is 5.41 Å². The number of fused-ring (bicyclic) bond motifs is 1. The van der Waals surface area contributed by atoms with Gasteiger partial charge in [0, 0.05) is 19.4 Å². The summed E-state index contributed by atoms with van der Waals surface area (Å²) in [5.41, 5.74) is 5.14. The fourth-order valence-electron chi connectivity index (χ4n) is 2.02. The Balaban J connectivity index is 2.64. The van der Waals surface area contributed by atoms with Crippen molar-refractivity contribution < 1.29 is 0 Å². The lowest BCUT2D eigenvalue weighted by molar-refractivity contribution is 0.505. The van der Waals surface area contributed by atoms with Gasteiger partial charge >= 0.3 is 0 Å². The molecular formula is C14H20N2. The van der Waals surface area contributed by atoms with E-state index in [0.29, 0.717) is 0 Å². The molecule has 0 aliphatic rings. The van der Waals surface area contributed by atoms with Crippen molar-refractivity contribution in [3.8, 4) is 0 Å². The number of pyridine rings is 1. The summed E-state index contributed by atoms with van der Waals surface area (Å²) in [6.07, 6.45) is 5.29. The van der Waals surface area contributed by atoms with Gasteiger partial charge in [0.2, 0.25) is 0 Å². The highest BCUT2D eigenvalue weighted by molar-refractivity contribution is 5.80. The van der Waals surface area contributed by atoms with Gasteiger partial charge in [0.25, 0.3) is 0 Å². The lowest BCUT2D eigenvalue weighted by Crippen LogP contribution is -2.15. The summed E-state index contributed by atoms with van der Waals surface area (Å²) < 4.78 is 2.16. The van der Waals surface area contributed by atoms with Crippen LogP contribution in [0.5, 0.6) is 0 Å². The van der Waals surface area contributed by atoms with Crippen molar-refractivity contribution in [1.82, 2.24) is 9.55 Å². The Bertz CT molecular complexity index is 521. The second-order valence-corrected chi connectivity index (χ2v) is 5.25. The average Bonchev–Trinajstić information content (AvgIpc) is 2.54. The van der Waals surface area contributed by atoms with Gasteiger partial charge in [-0.05, 0) is 36.0 Å². The smallest absolute Gasteiger partial charge is 0.0910 e. The third-order valence-corrected chi connectivity index (χ3v) is 3.67. The van der Waals surface area contributed by atoms with Crippen molar-refractivity contribution >= 4 is 11.0 Å². The van der Waals surface area contributed by atoms with Crippen molar-refractivity contribution in [2.24, 2.45) is 7.05 Å². The summed E-state index contributed by atoms with van der Waals surface area (Å²) >= 11 is 0. The van der Waals surface area contributed by atoms with Crippen molar-refractivity contribution in [2.45, 2.75) is 39.5 Å². The molecule has 2 heterocycles. The van der Waals surface area contributed by atoms with Crippen molar-refractivity contribution in [3.63, 3.8) is 0 Å². The molecule has 0 fully saturated rings. The van der Waals surface area contributed by atoms with Crippen LogP contribution in [-0.2, 0) is 12.5 Å². The number of hydrogen-bond donors (Lipinski definition) is 0. The minimum atomic E-state index is 0.208. The minimum absolute atomic E-state index is 0.208. The second kappa shape index (κ2) is 3.62. The quantitative estimate of drug-likeness (QED) is 0.750. The van der Waals surface area contributed by atoms with Crippen LogP contribution in [0, 0.1) is 6.92 Å². The number of rotatable bonds is 2. The first-order valence-corrected chi connectivity index (χ1v) is 5.88. The zero-order valence-electron chi connectivity index (χ0n) is 10.8. The Kier molecular flexibility index (Phi) is 2.53. The van der Waals surface area contributed by atoms with Crippen LogP contribution in [0.15, 0.2) is 18.5 Å². The van der Waals surface area contributed by atoms with Crippen molar-refractivity contribution in [3.05, 3.63) is 29.6 Å². The summed E-state index contributed by atoms with van der Waals surface area (Å²) in [4.78, 5) is 4.59. The number of aromatic nitrogens is 2. The number of hydrogen-bond acceptors (Lipinski definition) is 1. The molecule has 0 bridgehead atoms. The Labute approximate surface area is 97.3 Å². The summed E-state index contributed by atoms with van der Waals surface area (Å²) in [7, 11) is 2.08. The first-order chi connectivity index (χ1) is 7.45. The first kappa shape index (κ1) is 11.2. The zero-order chi connectivity index (χ0) is 11.9. The molecule has 2 aromatic rings. The maximum absolute atomic E-state index is 4.59. The van der Waals surface area contributed by atoms with E-state index >= 15 is 0 Å². The molecule has 0 amide bonds. The topological polar surface area (TPSA) is 17.8 Å². The van der Waals surface area contributed by atoms with Gasteiger partial charge in [0.05, 0.1) is 11.0 Å². The molecule has 0 saturated heterocycles. The Morgan fingerprint density at radius 2 is 2.06 bits per heavy atom. The lowest BCUT2D eigenvalue weighted by atomic mass is 9.83. The van der Waals surface area contributed by atoms with E-state index < -0.39 is 0 Å². The van der Waals surface area contributed by atoms with Crippen LogP contribution >= 0.6 is 0 Å².